The van der Waals surface area contributed by atoms with E-state index in [1.807, 2.05) is 41.0 Å². The van der Waals surface area contributed by atoms with E-state index >= 15 is 0 Å². The van der Waals surface area contributed by atoms with Crippen LogP contribution in [0.1, 0.15) is 46.8 Å². The maximum absolute atomic E-state index is 12.2. The number of aromatic nitrogens is 1. The van der Waals surface area contributed by atoms with Gasteiger partial charge in [0.2, 0.25) is 5.91 Å². The number of hydrogen-bond acceptors (Lipinski definition) is 4. The van der Waals surface area contributed by atoms with Crippen LogP contribution in [0, 0.1) is 11.3 Å². The quantitative estimate of drug-likeness (QED) is 0.324. The first kappa shape index (κ1) is 22.5. The lowest BCUT2D eigenvalue weighted by Crippen LogP contribution is -2.32. The number of nitrogens with one attached hydrogen (secondary N) is 1. The Bertz CT molecular complexity index is 1250. The number of rotatable bonds is 8. The Morgan fingerprint density at radius 2 is 2.00 bits per heavy atom. The van der Waals surface area contributed by atoms with Gasteiger partial charge >= 0.3 is 0 Å². The first-order chi connectivity index (χ1) is 16.0. The number of nitrogens with zero attached hydrogens (tertiary/aromatic N) is 3. The van der Waals surface area contributed by atoms with Gasteiger partial charge in [0.25, 0.3) is 0 Å². The van der Waals surface area contributed by atoms with Crippen LogP contribution in [0.2, 0.25) is 0 Å². The fourth-order valence-electron chi connectivity index (χ4n) is 4.36. The summed E-state index contributed by atoms with van der Waals surface area (Å²) < 4.78 is 1.82. The Morgan fingerprint density at radius 1 is 1.15 bits per heavy atom. The first-order valence-electron chi connectivity index (χ1n) is 11.4. The molecule has 0 spiro atoms. The van der Waals surface area contributed by atoms with Crippen molar-refractivity contribution in [2.75, 3.05) is 19.6 Å². The molecule has 0 bridgehead atoms. The summed E-state index contributed by atoms with van der Waals surface area (Å²) in [7, 11) is 0. The van der Waals surface area contributed by atoms with E-state index in [0.29, 0.717) is 12.1 Å². The standard InChI is InChI=1S/C27H28N4O2/c1-20(32)25-19-31(26-7-3-2-6-24(25)26)15-11-27(33)29-12-4-5-13-30-14-10-22-9-8-21(17-28)16-23(22)18-30/h2-3,6-9,11,15-16,19H,4-5,10,12-14,18H2,1H3,(H,29,33)/b15-11+. The van der Waals surface area contributed by atoms with Crippen LogP contribution in [0.4, 0.5) is 0 Å². The topological polar surface area (TPSA) is 78.1 Å². The number of para-hydroxylation sites is 1. The maximum Gasteiger partial charge on any atom is 0.245 e. The molecule has 0 unspecified atom stereocenters. The average molecular weight is 441 g/mol. The van der Waals surface area contributed by atoms with E-state index < -0.39 is 0 Å². The highest BCUT2D eigenvalue weighted by Crippen LogP contribution is 2.22. The Hall–Kier alpha value is -3.69. The smallest absolute Gasteiger partial charge is 0.245 e. The normalized spacial score (nSPS) is 13.7. The highest BCUT2D eigenvalue weighted by molar-refractivity contribution is 6.07. The summed E-state index contributed by atoms with van der Waals surface area (Å²) in [6.07, 6.45) is 7.90. The van der Waals surface area contributed by atoms with Crippen LogP contribution in [0.25, 0.3) is 17.1 Å². The Morgan fingerprint density at radius 3 is 2.82 bits per heavy atom. The largest absolute Gasteiger partial charge is 0.353 e. The highest BCUT2D eigenvalue weighted by Gasteiger charge is 2.16. The molecule has 1 aliphatic rings. The van der Waals surface area contributed by atoms with Crippen molar-refractivity contribution in [1.82, 2.24) is 14.8 Å². The number of unbranched alkanes of at least 4 members (excludes halogenated alkanes) is 1. The van der Waals surface area contributed by atoms with E-state index in [-0.39, 0.29) is 11.7 Å². The predicted molar refractivity (Wildman–Crippen MR) is 130 cm³/mol. The molecule has 6 nitrogen and oxygen atoms in total. The SMILES string of the molecule is CC(=O)c1cn(/C=C/C(=O)NCCCCN2CCc3ccc(C#N)cc3C2)c2ccccc12. The van der Waals surface area contributed by atoms with Crippen LogP contribution in [0.3, 0.4) is 0 Å². The number of hydrogen-bond donors (Lipinski definition) is 1. The van der Waals surface area contributed by atoms with E-state index in [2.05, 4.69) is 22.4 Å². The number of carbonyl (C=O) groups excluding carboxylic acids is 2. The third-order valence-corrected chi connectivity index (χ3v) is 6.13. The molecule has 2 aromatic carbocycles. The molecule has 1 aliphatic heterocycles. The van der Waals surface area contributed by atoms with Crippen LogP contribution in [-0.2, 0) is 17.8 Å². The summed E-state index contributed by atoms with van der Waals surface area (Å²) in [6, 6.07) is 15.9. The third-order valence-electron chi connectivity index (χ3n) is 6.13. The Balaban J connectivity index is 1.22. The van der Waals surface area contributed by atoms with Gasteiger partial charge in [-0.25, -0.2) is 0 Å². The molecule has 0 radical (unpaired) electrons. The van der Waals surface area contributed by atoms with Crippen molar-refractivity contribution in [3.63, 3.8) is 0 Å². The predicted octanol–water partition coefficient (Wildman–Crippen LogP) is 4.14. The molecular weight excluding hydrogens is 412 g/mol. The number of ketones is 1. The lowest BCUT2D eigenvalue weighted by atomic mass is 9.97. The van der Waals surface area contributed by atoms with Crippen molar-refractivity contribution >= 4 is 28.8 Å². The Kier molecular flexibility index (Phi) is 7.01. The van der Waals surface area contributed by atoms with Crippen molar-refractivity contribution in [3.8, 4) is 6.07 Å². The van der Waals surface area contributed by atoms with E-state index in [1.54, 1.807) is 19.3 Å². The molecule has 0 atom stereocenters. The van der Waals surface area contributed by atoms with Crippen LogP contribution < -0.4 is 5.32 Å². The summed E-state index contributed by atoms with van der Waals surface area (Å²) in [5.74, 6) is -0.140. The zero-order chi connectivity index (χ0) is 23.2. The van der Waals surface area contributed by atoms with Crippen molar-refractivity contribution in [3.05, 3.63) is 77.0 Å². The van der Waals surface area contributed by atoms with Crippen molar-refractivity contribution in [2.24, 2.45) is 0 Å². The third kappa shape index (κ3) is 5.39. The van der Waals surface area contributed by atoms with Gasteiger partial charge in [-0.15, -0.1) is 0 Å². The molecule has 33 heavy (non-hydrogen) atoms. The minimum Gasteiger partial charge on any atom is -0.353 e. The fourth-order valence-corrected chi connectivity index (χ4v) is 4.36. The second-order valence-corrected chi connectivity index (χ2v) is 8.46. The van der Waals surface area contributed by atoms with Crippen LogP contribution in [-0.4, -0.2) is 40.8 Å². The molecule has 1 aromatic heterocycles. The number of benzene rings is 2. The van der Waals surface area contributed by atoms with E-state index in [9.17, 15) is 9.59 Å². The first-order valence-corrected chi connectivity index (χ1v) is 11.4. The second-order valence-electron chi connectivity index (χ2n) is 8.46. The van der Waals surface area contributed by atoms with Gasteiger partial charge in [0, 0.05) is 49.1 Å². The van der Waals surface area contributed by atoms with Crippen LogP contribution in [0.5, 0.6) is 0 Å². The van der Waals surface area contributed by atoms with Crippen molar-refractivity contribution in [2.45, 2.75) is 32.7 Å². The van der Waals surface area contributed by atoms with E-state index in [0.717, 1.165) is 55.4 Å². The minimum absolute atomic E-state index is 0.00509. The molecule has 0 aliphatic carbocycles. The lowest BCUT2D eigenvalue weighted by molar-refractivity contribution is -0.116. The number of nitriles is 1. The molecular formula is C27H28N4O2. The molecule has 1 amide bonds. The monoisotopic (exact) mass is 440 g/mol. The minimum atomic E-state index is -0.145. The van der Waals surface area contributed by atoms with Crippen LogP contribution in [0.15, 0.2) is 54.7 Å². The molecule has 0 saturated heterocycles. The molecule has 4 rings (SSSR count). The summed E-state index contributed by atoms with van der Waals surface area (Å²) in [5.41, 5.74) is 4.87. The van der Waals surface area contributed by atoms with Gasteiger partial charge in [-0.05, 0) is 62.1 Å². The van der Waals surface area contributed by atoms with Gasteiger partial charge in [-0.3, -0.25) is 14.5 Å². The lowest BCUT2D eigenvalue weighted by Gasteiger charge is -2.28. The van der Waals surface area contributed by atoms with E-state index in [1.165, 1.54) is 17.2 Å². The molecule has 2 heterocycles. The highest BCUT2D eigenvalue weighted by atomic mass is 16.1. The molecule has 168 valence electrons. The molecule has 1 N–H and O–H groups in total. The number of amides is 1. The summed E-state index contributed by atoms with van der Waals surface area (Å²) >= 11 is 0. The summed E-state index contributed by atoms with van der Waals surface area (Å²) in [5, 5.41) is 12.9. The van der Waals surface area contributed by atoms with Crippen molar-refractivity contribution in [1.29, 1.82) is 5.26 Å². The van der Waals surface area contributed by atoms with Gasteiger partial charge in [-0.1, -0.05) is 24.3 Å². The van der Waals surface area contributed by atoms with Gasteiger partial charge in [-0.2, -0.15) is 5.26 Å². The average Bonchev–Trinajstić information content (AvgIpc) is 3.21. The fraction of sp³-hybridized carbons (Fsp3) is 0.296. The zero-order valence-electron chi connectivity index (χ0n) is 18.9. The molecule has 0 saturated carbocycles. The van der Waals surface area contributed by atoms with Crippen molar-refractivity contribution < 1.29 is 9.59 Å². The molecule has 6 heteroatoms. The second kappa shape index (κ2) is 10.3. The van der Waals surface area contributed by atoms with Gasteiger partial charge < -0.3 is 9.88 Å². The zero-order valence-corrected chi connectivity index (χ0v) is 18.9. The molecule has 0 fully saturated rings. The van der Waals surface area contributed by atoms with Gasteiger partial charge in [0.05, 0.1) is 17.1 Å². The Labute approximate surface area is 194 Å². The van der Waals surface area contributed by atoms with Gasteiger partial charge in [0.1, 0.15) is 0 Å². The number of carbonyl (C=O) groups is 2. The number of Topliss-reactive ketones (excluding diaryl/α,β-unsaturated/α-hetero) is 1. The van der Waals surface area contributed by atoms with E-state index in [4.69, 9.17) is 5.26 Å². The number of fused-ring (bicyclic) bond motifs is 2. The summed E-state index contributed by atoms with van der Waals surface area (Å²) in [4.78, 5) is 26.5. The summed E-state index contributed by atoms with van der Waals surface area (Å²) in [6.45, 7) is 5.06. The maximum atomic E-state index is 12.2. The molecule has 3 aromatic rings. The van der Waals surface area contributed by atoms with Crippen LogP contribution >= 0.6 is 0 Å². The van der Waals surface area contributed by atoms with Gasteiger partial charge in [0.15, 0.2) is 5.78 Å².